The molecule has 0 aromatic heterocycles. The molecule has 0 radical (unpaired) electrons. The second-order valence-electron chi connectivity index (χ2n) is 8.01. The van der Waals surface area contributed by atoms with Crippen molar-refractivity contribution < 1.29 is 24.5 Å². The first-order valence-electron chi connectivity index (χ1n) is 9.09. The maximum Gasteiger partial charge on any atom is 0.231 e. The van der Waals surface area contributed by atoms with Gasteiger partial charge in [0, 0.05) is 20.2 Å². The van der Waals surface area contributed by atoms with E-state index in [1.807, 2.05) is 36.1 Å². The van der Waals surface area contributed by atoms with Gasteiger partial charge in [0.25, 0.3) is 0 Å². The quantitative estimate of drug-likeness (QED) is 0.849. The zero-order valence-electron chi connectivity index (χ0n) is 15.9. The third-order valence-electron chi connectivity index (χ3n) is 6.30. The molecular formula is C20H29NO5. The lowest BCUT2D eigenvalue weighted by Crippen LogP contribution is -2.68. The van der Waals surface area contributed by atoms with E-state index < -0.39 is 23.2 Å². The van der Waals surface area contributed by atoms with E-state index in [0.29, 0.717) is 19.5 Å². The second kappa shape index (κ2) is 6.83. The van der Waals surface area contributed by atoms with Crippen molar-refractivity contribution in [1.82, 2.24) is 4.90 Å². The first-order valence-corrected chi connectivity index (χ1v) is 9.09. The van der Waals surface area contributed by atoms with Crippen LogP contribution in [0.3, 0.4) is 0 Å². The summed E-state index contributed by atoms with van der Waals surface area (Å²) < 4.78 is 10.7. The Morgan fingerprint density at radius 3 is 2.46 bits per heavy atom. The monoisotopic (exact) mass is 363 g/mol. The van der Waals surface area contributed by atoms with E-state index in [1.54, 1.807) is 14.0 Å². The molecule has 2 N–H and O–H groups in total. The van der Waals surface area contributed by atoms with Gasteiger partial charge in [-0.1, -0.05) is 12.1 Å². The number of amides is 1. The number of methoxy groups -OCH3 is 2. The fourth-order valence-corrected chi connectivity index (χ4v) is 4.65. The van der Waals surface area contributed by atoms with E-state index in [2.05, 4.69) is 0 Å². The van der Waals surface area contributed by atoms with Gasteiger partial charge in [0.05, 0.1) is 18.1 Å². The summed E-state index contributed by atoms with van der Waals surface area (Å²) in [5.74, 6) is 0.735. The van der Waals surface area contributed by atoms with Crippen molar-refractivity contribution in [2.45, 2.75) is 51.0 Å². The molecule has 1 saturated heterocycles. The molecule has 1 aliphatic heterocycles. The van der Waals surface area contributed by atoms with E-state index in [4.69, 9.17) is 9.47 Å². The summed E-state index contributed by atoms with van der Waals surface area (Å²) >= 11 is 0. The van der Waals surface area contributed by atoms with Crippen molar-refractivity contribution in [2.75, 3.05) is 20.8 Å². The van der Waals surface area contributed by atoms with E-state index in [1.165, 1.54) is 7.11 Å². The van der Waals surface area contributed by atoms with Gasteiger partial charge in [0.1, 0.15) is 18.0 Å². The van der Waals surface area contributed by atoms with Gasteiger partial charge in [0.2, 0.25) is 5.91 Å². The molecule has 2 aliphatic rings. The van der Waals surface area contributed by atoms with E-state index in [-0.39, 0.29) is 11.8 Å². The SMILES string of the molecule is COc1ccc(CN2CC[C@H]3CC(C)(O)C(O)[C@@H](OC)[C@@]3(C)C2=O)cc1. The lowest BCUT2D eigenvalue weighted by atomic mass is 9.57. The molecule has 2 fully saturated rings. The van der Waals surface area contributed by atoms with Crippen LogP contribution in [-0.4, -0.2) is 59.6 Å². The van der Waals surface area contributed by atoms with Crippen LogP contribution in [0.2, 0.25) is 0 Å². The molecule has 1 saturated carbocycles. The summed E-state index contributed by atoms with van der Waals surface area (Å²) in [6.07, 6.45) is -0.658. The van der Waals surface area contributed by atoms with Crippen molar-refractivity contribution >= 4 is 5.91 Å². The Kier molecular flexibility index (Phi) is 5.03. The van der Waals surface area contributed by atoms with E-state index in [0.717, 1.165) is 17.7 Å². The van der Waals surface area contributed by atoms with Gasteiger partial charge >= 0.3 is 0 Å². The average Bonchev–Trinajstić information content (AvgIpc) is 2.62. The van der Waals surface area contributed by atoms with Gasteiger partial charge < -0.3 is 24.6 Å². The molecule has 0 spiro atoms. The minimum absolute atomic E-state index is 0.0223. The van der Waals surface area contributed by atoms with Crippen LogP contribution in [0.1, 0.15) is 32.3 Å². The number of carbonyl (C=O) groups excluding carboxylic acids is 1. The third-order valence-corrected chi connectivity index (χ3v) is 6.30. The first-order chi connectivity index (χ1) is 12.2. The van der Waals surface area contributed by atoms with Crippen molar-refractivity contribution in [2.24, 2.45) is 11.3 Å². The Bertz CT molecular complexity index is 659. The minimum atomic E-state index is -1.25. The lowest BCUT2D eigenvalue weighted by molar-refractivity contribution is -0.228. The molecule has 1 heterocycles. The number of rotatable bonds is 4. The molecule has 2 unspecified atom stereocenters. The fraction of sp³-hybridized carbons (Fsp3) is 0.650. The third kappa shape index (κ3) is 3.00. The van der Waals surface area contributed by atoms with Crippen molar-refractivity contribution in [3.63, 3.8) is 0 Å². The number of piperidine rings is 1. The topological polar surface area (TPSA) is 79.2 Å². The normalized spacial score (nSPS) is 37.4. The van der Waals surface area contributed by atoms with Crippen LogP contribution in [0.25, 0.3) is 0 Å². The van der Waals surface area contributed by atoms with E-state index >= 15 is 0 Å². The largest absolute Gasteiger partial charge is 0.497 e. The lowest BCUT2D eigenvalue weighted by Gasteiger charge is -2.56. The van der Waals surface area contributed by atoms with Gasteiger partial charge in [-0.3, -0.25) is 4.79 Å². The molecule has 144 valence electrons. The van der Waals surface area contributed by atoms with Gasteiger partial charge in [-0.25, -0.2) is 0 Å². The summed E-state index contributed by atoms with van der Waals surface area (Å²) in [5, 5.41) is 21.2. The Hall–Kier alpha value is -1.63. The number of nitrogens with zero attached hydrogens (tertiary/aromatic N) is 1. The number of aliphatic hydroxyl groups is 2. The molecule has 6 nitrogen and oxygen atoms in total. The second-order valence-corrected chi connectivity index (χ2v) is 8.01. The van der Waals surface area contributed by atoms with Crippen LogP contribution in [0.5, 0.6) is 5.75 Å². The molecule has 1 amide bonds. The highest BCUT2D eigenvalue weighted by Crippen LogP contribution is 2.51. The number of aliphatic hydroxyl groups excluding tert-OH is 1. The molecule has 0 bridgehead atoms. The van der Waals surface area contributed by atoms with Crippen molar-refractivity contribution in [3.8, 4) is 5.75 Å². The zero-order valence-corrected chi connectivity index (χ0v) is 15.9. The molecule has 1 aromatic rings. The van der Waals surface area contributed by atoms with Gasteiger partial charge in [-0.2, -0.15) is 0 Å². The fourth-order valence-electron chi connectivity index (χ4n) is 4.65. The predicted octanol–water partition coefficient (Wildman–Crippen LogP) is 1.58. The smallest absolute Gasteiger partial charge is 0.231 e. The van der Waals surface area contributed by atoms with Crippen LogP contribution in [-0.2, 0) is 16.1 Å². The maximum atomic E-state index is 13.4. The Labute approximate surface area is 154 Å². The Balaban J connectivity index is 1.84. The van der Waals surface area contributed by atoms with Crippen LogP contribution in [0.4, 0.5) is 0 Å². The van der Waals surface area contributed by atoms with Crippen LogP contribution in [0, 0.1) is 11.3 Å². The highest BCUT2D eigenvalue weighted by molar-refractivity contribution is 5.84. The number of ether oxygens (including phenoxy) is 2. The summed E-state index contributed by atoms with van der Waals surface area (Å²) in [5.41, 5.74) is -1.07. The summed E-state index contributed by atoms with van der Waals surface area (Å²) in [6, 6.07) is 7.67. The molecule has 1 aromatic carbocycles. The van der Waals surface area contributed by atoms with Crippen LogP contribution in [0.15, 0.2) is 24.3 Å². The number of hydrogen-bond acceptors (Lipinski definition) is 5. The number of benzene rings is 1. The van der Waals surface area contributed by atoms with Gasteiger partial charge in [0.15, 0.2) is 0 Å². The van der Waals surface area contributed by atoms with Gasteiger partial charge in [-0.05, 0) is 50.3 Å². The zero-order chi connectivity index (χ0) is 19.1. The van der Waals surface area contributed by atoms with Crippen LogP contribution >= 0.6 is 0 Å². The summed E-state index contributed by atoms with van der Waals surface area (Å²) in [7, 11) is 3.12. The van der Waals surface area contributed by atoms with Crippen molar-refractivity contribution in [1.29, 1.82) is 0 Å². The van der Waals surface area contributed by atoms with Crippen LogP contribution < -0.4 is 4.74 Å². The summed E-state index contributed by atoms with van der Waals surface area (Å²) in [6.45, 7) is 4.63. The predicted molar refractivity (Wildman–Crippen MR) is 96.7 cm³/mol. The highest BCUT2D eigenvalue weighted by atomic mass is 16.5. The molecule has 5 atom stereocenters. The number of hydrogen-bond donors (Lipinski definition) is 2. The maximum absolute atomic E-state index is 13.4. The Morgan fingerprint density at radius 2 is 1.88 bits per heavy atom. The molecule has 6 heteroatoms. The van der Waals surface area contributed by atoms with Gasteiger partial charge in [-0.15, -0.1) is 0 Å². The first kappa shape index (κ1) is 19.1. The molecule has 1 aliphatic carbocycles. The highest BCUT2D eigenvalue weighted by Gasteiger charge is 2.62. The summed E-state index contributed by atoms with van der Waals surface area (Å²) in [4.78, 5) is 15.2. The molecule has 26 heavy (non-hydrogen) atoms. The number of carbonyl (C=O) groups is 1. The average molecular weight is 363 g/mol. The Morgan fingerprint density at radius 1 is 1.23 bits per heavy atom. The molecule has 3 rings (SSSR count). The minimum Gasteiger partial charge on any atom is -0.497 e. The number of likely N-dealkylation sites (tertiary alicyclic amines) is 1. The molecular weight excluding hydrogens is 334 g/mol. The van der Waals surface area contributed by atoms with Crippen molar-refractivity contribution in [3.05, 3.63) is 29.8 Å². The number of fused-ring (bicyclic) bond motifs is 1. The van der Waals surface area contributed by atoms with E-state index in [9.17, 15) is 15.0 Å². The standard InChI is InChI=1S/C20H29NO5/c1-19(24)11-14-9-10-21(12-13-5-7-15(25-3)8-6-13)18(23)20(14,2)17(26-4)16(19)22/h5-8,14,16-17,22,24H,9-12H2,1-4H3/t14-,16?,17+,19?,20-/m0/s1.